The first kappa shape index (κ1) is 18.5. The second-order valence-electron chi connectivity index (χ2n) is 7.04. The molecule has 1 fully saturated rings. The van der Waals surface area contributed by atoms with Gasteiger partial charge in [0, 0.05) is 18.3 Å². The summed E-state index contributed by atoms with van der Waals surface area (Å²) in [4.78, 5) is 11.4. The van der Waals surface area contributed by atoms with Gasteiger partial charge in [0.2, 0.25) is 0 Å². The van der Waals surface area contributed by atoms with E-state index in [4.69, 9.17) is 9.47 Å². The average molecular weight is 382 g/mol. The van der Waals surface area contributed by atoms with Crippen molar-refractivity contribution in [3.05, 3.63) is 30.2 Å². The van der Waals surface area contributed by atoms with Gasteiger partial charge in [-0.3, -0.25) is 5.10 Å². The molecule has 1 saturated heterocycles. The Bertz CT molecular complexity index is 936. The van der Waals surface area contributed by atoms with E-state index in [1.165, 1.54) is 25.9 Å². The molecular formula is C20H26N6O2. The van der Waals surface area contributed by atoms with Crippen molar-refractivity contribution in [3.8, 4) is 11.5 Å². The van der Waals surface area contributed by atoms with Crippen LogP contribution in [-0.4, -0.2) is 58.4 Å². The lowest BCUT2D eigenvalue weighted by Gasteiger charge is -2.16. The third kappa shape index (κ3) is 4.17. The SMILES string of the molecule is COc1cnc(Nc2cc(C)nc3[nH]ncc23)cc1OCCCN1CCCC1. The van der Waals surface area contributed by atoms with Gasteiger partial charge in [-0.1, -0.05) is 0 Å². The molecular weight excluding hydrogens is 356 g/mol. The van der Waals surface area contributed by atoms with Gasteiger partial charge in [0.15, 0.2) is 17.1 Å². The molecule has 8 nitrogen and oxygen atoms in total. The number of aryl methyl sites for hydroxylation is 1. The minimum absolute atomic E-state index is 0.631. The number of hydrogen-bond donors (Lipinski definition) is 2. The van der Waals surface area contributed by atoms with Crippen LogP contribution in [0.1, 0.15) is 25.0 Å². The summed E-state index contributed by atoms with van der Waals surface area (Å²) in [6.07, 6.45) is 7.05. The van der Waals surface area contributed by atoms with Crippen LogP contribution in [-0.2, 0) is 0 Å². The van der Waals surface area contributed by atoms with E-state index in [2.05, 4.69) is 30.4 Å². The Morgan fingerprint density at radius 2 is 2.04 bits per heavy atom. The van der Waals surface area contributed by atoms with E-state index in [9.17, 15) is 0 Å². The van der Waals surface area contributed by atoms with Crippen LogP contribution in [0.5, 0.6) is 11.5 Å². The minimum atomic E-state index is 0.631. The molecule has 0 aromatic carbocycles. The standard InChI is InChI=1S/C20H26N6O2/c1-14-10-16(15-12-22-25-20(15)23-14)24-19-11-17(18(27-2)13-21-19)28-9-5-8-26-6-3-4-7-26/h10-13H,3-9H2,1-2H3,(H2,21,22,23,24,25). The first-order chi connectivity index (χ1) is 13.7. The Balaban J connectivity index is 1.45. The molecule has 0 unspecified atom stereocenters. The highest BCUT2D eigenvalue weighted by Crippen LogP contribution is 2.31. The third-order valence-electron chi connectivity index (χ3n) is 4.94. The molecule has 2 N–H and O–H groups in total. The first-order valence-electron chi connectivity index (χ1n) is 9.70. The summed E-state index contributed by atoms with van der Waals surface area (Å²) in [5.74, 6) is 2.00. The van der Waals surface area contributed by atoms with Gasteiger partial charge in [-0.2, -0.15) is 5.10 Å². The number of aromatic amines is 1. The van der Waals surface area contributed by atoms with Crippen LogP contribution in [0.2, 0.25) is 0 Å². The van der Waals surface area contributed by atoms with E-state index in [0.717, 1.165) is 35.4 Å². The van der Waals surface area contributed by atoms with Crippen LogP contribution in [0.25, 0.3) is 11.0 Å². The minimum Gasteiger partial charge on any atom is -0.491 e. The summed E-state index contributed by atoms with van der Waals surface area (Å²) >= 11 is 0. The van der Waals surface area contributed by atoms with Crippen LogP contribution in [0.15, 0.2) is 24.5 Å². The van der Waals surface area contributed by atoms with Crippen LogP contribution >= 0.6 is 0 Å². The number of ether oxygens (including phenoxy) is 2. The molecule has 3 aromatic rings. The van der Waals surface area contributed by atoms with Crippen molar-refractivity contribution in [2.45, 2.75) is 26.2 Å². The summed E-state index contributed by atoms with van der Waals surface area (Å²) in [6.45, 7) is 6.09. The number of rotatable bonds is 8. The molecule has 148 valence electrons. The number of methoxy groups -OCH3 is 1. The second-order valence-corrected chi connectivity index (χ2v) is 7.04. The molecule has 1 aliphatic rings. The Morgan fingerprint density at radius 3 is 2.86 bits per heavy atom. The number of hydrogen-bond acceptors (Lipinski definition) is 7. The lowest BCUT2D eigenvalue weighted by Crippen LogP contribution is -2.21. The van der Waals surface area contributed by atoms with Crippen molar-refractivity contribution >= 4 is 22.5 Å². The highest BCUT2D eigenvalue weighted by Gasteiger charge is 2.13. The predicted molar refractivity (Wildman–Crippen MR) is 108 cm³/mol. The fourth-order valence-corrected chi connectivity index (χ4v) is 3.53. The van der Waals surface area contributed by atoms with Crippen molar-refractivity contribution in [2.24, 2.45) is 0 Å². The molecule has 0 aliphatic carbocycles. The number of nitrogens with zero attached hydrogens (tertiary/aromatic N) is 4. The van der Waals surface area contributed by atoms with Gasteiger partial charge in [0.1, 0.15) is 5.82 Å². The van der Waals surface area contributed by atoms with Gasteiger partial charge >= 0.3 is 0 Å². The fraction of sp³-hybridized carbons (Fsp3) is 0.450. The topological polar surface area (TPSA) is 88.2 Å². The highest BCUT2D eigenvalue weighted by molar-refractivity contribution is 5.90. The largest absolute Gasteiger partial charge is 0.491 e. The van der Waals surface area contributed by atoms with Crippen LogP contribution in [0, 0.1) is 6.92 Å². The van der Waals surface area contributed by atoms with Gasteiger partial charge < -0.3 is 19.7 Å². The quantitative estimate of drug-likeness (QED) is 0.578. The molecule has 1 aliphatic heterocycles. The highest BCUT2D eigenvalue weighted by atomic mass is 16.5. The Labute approximate surface area is 164 Å². The summed E-state index contributed by atoms with van der Waals surface area (Å²) in [7, 11) is 1.63. The molecule has 0 atom stereocenters. The maximum absolute atomic E-state index is 6.00. The van der Waals surface area contributed by atoms with Crippen molar-refractivity contribution in [1.82, 2.24) is 25.1 Å². The Morgan fingerprint density at radius 1 is 1.18 bits per heavy atom. The normalized spacial score (nSPS) is 14.5. The van der Waals surface area contributed by atoms with E-state index in [-0.39, 0.29) is 0 Å². The number of H-pyrrole nitrogens is 1. The fourth-order valence-electron chi connectivity index (χ4n) is 3.53. The zero-order chi connectivity index (χ0) is 19.3. The van der Waals surface area contributed by atoms with E-state index in [0.29, 0.717) is 23.9 Å². The van der Waals surface area contributed by atoms with Gasteiger partial charge in [0.25, 0.3) is 0 Å². The predicted octanol–water partition coefficient (Wildman–Crippen LogP) is 3.28. The van der Waals surface area contributed by atoms with E-state index >= 15 is 0 Å². The summed E-state index contributed by atoms with van der Waals surface area (Å²) < 4.78 is 11.4. The summed E-state index contributed by atoms with van der Waals surface area (Å²) in [5.41, 5.74) is 2.54. The number of pyridine rings is 2. The molecule has 0 bridgehead atoms. The molecule has 4 heterocycles. The van der Waals surface area contributed by atoms with Crippen molar-refractivity contribution in [2.75, 3.05) is 38.7 Å². The number of likely N-dealkylation sites (tertiary alicyclic amines) is 1. The molecule has 3 aromatic heterocycles. The Kier molecular flexibility index (Phi) is 5.57. The third-order valence-corrected chi connectivity index (χ3v) is 4.94. The number of anilines is 2. The summed E-state index contributed by atoms with van der Waals surface area (Å²) in [6, 6.07) is 3.84. The molecule has 0 radical (unpaired) electrons. The van der Waals surface area contributed by atoms with E-state index in [1.54, 1.807) is 19.5 Å². The molecule has 0 amide bonds. The zero-order valence-electron chi connectivity index (χ0n) is 16.4. The maximum atomic E-state index is 6.00. The molecule has 28 heavy (non-hydrogen) atoms. The second kappa shape index (κ2) is 8.43. The molecule has 0 saturated carbocycles. The van der Waals surface area contributed by atoms with Crippen molar-refractivity contribution in [1.29, 1.82) is 0 Å². The first-order valence-corrected chi connectivity index (χ1v) is 9.70. The average Bonchev–Trinajstić information content (AvgIpc) is 3.37. The lowest BCUT2D eigenvalue weighted by molar-refractivity contribution is 0.254. The van der Waals surface area contributed by atoms with Crippen LogP contribution in [0.3, 0.4) is 0 Å². The van der Waals surface area contributed by atoms with E-state index in [1.807, 2.05) is 19.1 Å². The van der Waals surface area contributed by atoms with Crippen LogP contribution < -0.4 is 14.8 Å². The van der Waals surface area contributed by atoms with E-state index < -0.39 is 0 Å². The zero-order valence-corrected chi connectivity index (χ0v) is 16.4. The molecule has 4 rings (SSSR count). The monoisotopic (exact) mass is 382 g/mol. The van der Waals surface area contributed by atoms with Crippen molar-refractivity contribution < 1.29 is 9.47 Å². The van der Waals surface area contributed by atoms with Gasteiger partial charge in [0.05, 0.1) is 37.2 Å². The Hall–Kier alpha value is -2.87. The van der Waals surface area contributed by atoms with Gasteiger partial charge in [-0.05, 0) is 45.3 Å². The number of nitrogens with one attached hydrogen (secondary N) is 2. The van der Waals surface area contributed by atoms with Crippen LogP contribution in [0.4, 0.5) is 11.5 Å². The lowest BCUT2D eigenvalue weighted by atomic mass is 10.2. The number of fused-ring (bicyclic) bond motifs is 1. The van der Waals surface area contributed by atoms with Gasteiger partial charge in [-0.15, -0.1) is 0 Å². The van der Waals surface area contributed by atoms with Gasteiger partial charge in [-0.25, -0.2) is 9.97 Å². The summed E-state index contributed by atoms with van der Waals surface area (Å²) in [5, 5.41) is 11.2. The van der Waals surface area contributed by atoms with Crippen molar-refractivity contribution in [3.63, 3.8) is 0 Å². The maximum Gasteiger partial charge on any atom is 0.179 e. The molecule has 0 spiro atoms. The molecule has 8 heteroatoms. The smallest absolute Gasteiger partial charge is 0.179 e. The number of aromatic nitrogens is 4.